The van der Waals surface area contributed by atoms with E-state index in [1.165, 1.54) is 64.3 Å². The van der Waals surface area contributed by atoms with Crippen molar-refractivity contribution in [2.45, 2.75) is 0 Å². The van der Waals surface area contributed by atoms with Gasteiger partial charge in [-0.15, -0.1) is 11.3 Å². The topological polar surface area (TPSA) is 25.8 Å². The molecule has 2 nitrogen and oxygen atoms in total. The van der Waals surface area contributed by atoms with E-state index in [1.807, 2.05) is 11.3 Å². The molecule has 0 saturated heterocycles. The van der Waals surface area contributed by atoms with Gasteiger partial charge >= 0.3 is 0 Å². The SMILES string of the molecule is c1ccc(-c2ccc(-c3nc(-c4cc(-c5ccccc5)cc(-c5ccc6c7c(cccc57)-c5ccccc5-6)c4)cc(-c4cccc5sc6ccccc6c45)n3)cc2)cc1. The van der Waals surface area contributed by atoms with Crippen LogP contribution in [0.1, 0.15) is 0 Å². The predicted octanol–water partition coefficient (Wildman–Crippen LogP) is 15.6. The second-order valence-corrected chi connectivity index (χ2v) is 16.4. The zero-order valence-electron chi connectivity index (χ0n) is 31.9. The van der Waals surface area contributed by atoms with Gasteiger partial charge in [0.15, 0.2) is 5.82 Å². The summed E-state index contributed by atoms with van der Waals surface area (Å²) in [6.45, 7) is 0. The van der Waals surface area contributed by atoms with Crippen LogP contribution in [0.15, 0.2) is 206 Å². The Hall–Kier alpha value is -7.46. The average Bonchev–Trinajstić information content (AvgIpc) is 3.86. The van der Waals surface area contributed by atoms with E-state index in [9.17, 15) is 0 Å². The number of rotatable bonds is 6. The number of hydrogen-bond donors (Lipinski definition) is 0. The fraction of sp³-hybridized carbons (Fsp3) is 0. The summed E-state index contributed by atoms with van der Waals surface area (Å²) in [6, 6.07) is 74.5. The molecule has 2 heterocycles. The van der Waals surface area contributed by atoms with Gasteiger partial charge < -0.3 is 0 Å². The van der Waals surface area contributed by atoms with E-state index in [2.05, 4.69) is 206 Å². The second-order valence-electron chi connectivity index (χ2n) is 15.3. The van der Waals surface area contributed by atoms with E-state index < -0.39 is 0 Å². The molecule has 0 radical (unpaired) electrons. The molecule has 1 aliphatic rings. The Morgan fingerprint density at radius 3 is 1.59 bits per heavy atom. The molecule has 9 aromatic carbocycles. The number of aromatic nitrogens is 2. The third-order valence-electron chi connectivity index (χ3n) is 11.8. The number of fused-ring (bicyclic) bond motifs is 6. The van der Waals surface area contributed by atoms with Crippen molar-refractivity contribution in [2.75, 3.05) is 0 Å². The molecule has 0 unspecified atom stereocenters. The van der Waals surface area contributed by atoms with E-state index in [1.54, 1.807) is 0 Å². The van der Waals surface area contributed by atoms with Crippen molar-refractivity contribution in [3.63, 3.8) is 0 Å². The van der Waals surface area contributed by atoms with Crippen molar-refractivity contribution in [2.24, 2.45) is 0 Å². The van der Waals surface area contributed by atoms with Gasteiger partial charge in [-0.05, 0) is 103 Å². The Kier molecular flexibility index (Phi) is 7.75. The number of hydrogen-bond acceptors (Lipinski definition) is 3. The van der Waals surface area contributed by atoms with E-state index >= 15 is 0 Å². The molecular weight excluding hydrogens is 733 g/mol. The fourth-order valence-electron chi connectivity index (χ4n) is 9.08. The zero-order chi connectivity index (χ0) is 38.9. The standard InChI is InChI=1S/C56H34N2S/c1-3-13-35(14-4-1)37-25-27-38(28-26-37)56-57-50(34-51(58-56)48-22-12-24-53-55(48)49-19-9-10-23-52(49)59-53)41-32-39(36-15-5-2-6-16-36)31-40(33-41)42-29-30-47-44-18-8-7-17-43(44)46-21-11-20-45(42)54(46)47/h1-34H. The second kappa shape index (κ2) is 13.6. The van der Waals surface area contributed by atoms with Crippen LogP contribution in [0.5, 0.6) is 0 Å². The van der Waals surface area contributed by atoms with Crippen LogP contribution in [0, 0.1) is 0 Å². The van der Waals surface area contributed by atoms with Crippen LogP contribution >= 0.6 is 11.3 Å². The van der Waals surface area contributed by atoms with Gasteiger partial charge in [-0.25, -0.2) is 9.97 Å². The van der Waals surface area contributed by atoms with Crippen LogP contribution in [0.4, 0.5) is 0 Å². The first-order chi connectivity index (χ1) is 29.2. The van der Waals surface area contributed by atoms with Gasteiger partial charge in [-0.2, -0.15) is 0 Å². The largest absolute Gasteiger partial charge is 0.228 e. The maximum atomic E-state index is 5.42. The Balaban J connectivity index is 1.09. The van der Waals surface area contributed by atoms with E-state index in [-0.39, 0.29) is 0 Å². The summed E-state index contributed by atoms with van der Waals surface area (Å²) < 4.78 is 2.52. The highest BCUT2D eigenvalue weighted by Crippen LogP contribution is 2.50. The van der Waals surface area contributed by atoms with Gasteiger partial charge in [0.1, 0.15) is 0 Å². The van der Waals surface area contributed by atoms with Crippen LogP contribution in [-0.2, 0) is 0 Å². The summed E-state index contributed by atoms with van der Waals surface area (Å²) in [7, 11) is 0. The van der Waals surface area contributed by atoms with Crippen LogP contribution in [0.2, 0.25) is 0 Å². The molecule has 2 aromatic heterocycles. The Bertz CT molecular complexity index is 3390. The fourth-order valence-corrected chi connectivity index (χ4v) is 10.2. The molecule has 0 saturated carbocycles. The molecule has 11 aromatic rings. The van der Waals surface area contributed by atoms with Gasteiger partial charge in [0, 0.05) is 36.9 Å². The van der Waals surface area contributed by atoms with Gasteiger partial charge in [-0.1, -0.05) is 170 Å². The van der Waals surface area contributed by atoms with Crippen LogP contribution in [0.25, 0.3) is 120 Å². The van der Waals surface area contributed by atoms with Crippen LogP contribution in [-0.4, -0.2) is 9.97 Å². The van der Waals surface area contributed by atoms with Crippen LogP contribution in [0.3, 0.4) is 0 Å². The molecule has 0 atom stereocenters. The summed E-state index contributed by atoms with van der Waals surface area (Å²) in [4.78, 5) is 10.8. The highest BCUT2D eigenvalue weighted by molar-refractivity contribution is 7.25. The van der Waals surface area contributed by atoms with E-state index in [0.29, 0.717) is 5.82 Å². The van der Waals surface area contributed by atoms with Crippen molar-refractivity contribution in [3.8, 4) is 89.5 Å². The van der Waals surface area contributed by atoms with Crippen molar-refractivity contribution < 1.29 is 0 Å². The molecule has 0 fully saturated rings. The molecule has 274 valence electrons. The quantitative estimate of drug-likeness (QED) is 0.168. The maximum Gasteiger partial charge on any atom is 0.160 e. The number of thiophene rings is 1. The minimum atomic E-state index is 0.698. The first-order valence-corrected chi connectivity index (χ1v) is 20.9. The van der Waals surface area contributed by atoms with Gasteiger partial charge in [0.2, 0.25) is 0 Å². The molecule has 3 heteroatoms. The summed E-state index contributed by atoms with van der Waals surface area (Å²) in [5.41, 5.74) is 17.1. The van der Waals surface area contributed by atoms with Crippen molar-refractivity contribution in [1.82, 2.24) is 9.97 Å². The first-order valence-electron chi connectivity index (χ1n) is 20.1. The monoisotopic (exact) mass is 766 g/mol. The Morgan fingerprint density at radius 1 is 0.271 bits per heavy atom. The average molecular weight is 767 g/mol. The third kappa shape index (κ3) is 5.62. The summed E-state index contributed by atoms with van der Waals surface area (Å²) in [5.74, 6) is 0.698. The Labute approximate surface area is 346 Å². The normalized spacial score (nSPS) is 11.7. The molecule has 1 aliphatic carbocycles. The van der Waals surface area contributed by atoms with Crippen LogP contribution < -0.4 is 0 Å². The summed E-state index contributed by atoms with van der Waals surface area (Å²) >= 11 is 1.83. The minimum Gasteiger partial charge on any atom is -0.228 e. The molecule has 0 aliphatic heterocycles. The lowest BCUT2D eigenvalue weighted by Crippen LogP contribution is -1.97. The van der Waals surface area contributed by atoms with Crippen molar-refractivity contribution >= 4 is 42.3 Å². The minimum absolute atomic E-state index is 0.698. The molecule has 0 amide bonds. The predicted molar refractivity (Wildman–Crippen MR) is 249 cm³/mol. The summed E-state index contributed by atoms with van der Waals surface area (Å²) in [6.07, 6.45) is 0. The zero-order valence-corrected chi connectivity index (χ0v) is 32.7. The van der Waals surface area contributed by atoms with E-state index in [4.69, 9.17) is 9.97 Å². The number of nitrogens with zero attached hydrogens (tertiary/aromatic N) is 2. The van der Waals surface area contributed by atoms with Gasteiger partial charge in [-0.3, -0.25) is 0 Å². The number of benzene rings is 9. The Morgan fingerprint density at radius 2 is 0.797 bits per heavy atom. The lowest BCUT2D eigenvalue weighted by atomic mass is 9.90. The van der Waals surface area contributed by atoms with Crippen molar-refractivity contribution in [3.05, 3.63) is 206 Å². The lowest BCUT2D eigenvalue weighted by molar-refractivity contribution is 1.19. The molecule has 0 N–H and O–H groups in total. The molecule has 0 bridgehead atoms. The first kappa shape index (κ1) is 33.7. The molecule has 59 heavy (non-hydrogen) atoms. The molecular formula is C56H34N2S. The van der Waals surface area contributed by atoms with Crippen molar-refractivity contribution in [1.29, 1.82) is 0 Å². The maximum absolute atomic E-state index is 5.42. The molecule has 0 spiro atoms. The van der Waals surface area contributed by atoms with Gasteiger partial charge in [0.05, 0.1) is 11.4 Å². The molecule has 12 rings (SSSR count). The third-order valence-corrected chi connectivity index (χ3v) is 13.0. The van der Waals surface area contributed by atoms with Gasteiger partial charge in [0.25, 0.3) is 0 Å². The summed E-state index contributed by atoms with van der Waals surface area (Å²) in [5, 5.41) is 5.06. The smallest absolute Gasteiger partial charge is 0.160 e. The lowest BCUT2D eigenvalue weighted by Gasteiger charge is -2.15. The highest BCUT2D eigenvalue weighted by atomic mass is 32.1. The highest BCUT2D eigenvalue weighted by Gasteiger charge is 2.23. The van der Waals surface area contributed by atoms with E-state index in [0.717, 1.165) is 50.3 Å².